The Hall–Kier alpha value is -2.04. The lowest BCUT2D eigenvalue weighted by Gasteiger charge is -2.25. The Morgan fingerprint density at radius 1 is 0.524 bits per heavy atom. The van der Waals surface area contributed by atoms with Crippen molar-refractivity contribution in [1.82, 2.24) is 0 Å². The Morgan fingerprint density at radius 3 is 1.33 bits per heavy atom. The van der Waals surface area contributed by atoms with Crippen molar-refractivity contribution < 1.29 is 0 Å². The third-order valence-corrected chi connectivity index (χ3v) is 11.3. The van der Waals surface area contributed by atoms with E-state index in [2.05, 4.69) is 90.1 Å². The Morgan fingerprint density at radius 2 is 0.929 bits per heavy atom. The summed E-state index contributed by atoms with van der Waals surface area (Å²) in [5.74, 6) is 3.00. The SMILES string of the molecule is CC(C)CCCC(C)CCc1c2c(c(CCC(C)CCCC(C)C)c3c1=Nc1ccccc1S3)=Nc1ccccc1S2. The van der Waals surface area contributed by atoms with Crippen molar-refractivity contribution in [2.75, 3.05) is 0 Å². The first-order valence-electron chi connectivity index (χ1n) is 16.5. The van der Waals surface area contributed by atoms with Gasteiger partial charge in [-0.1, -0.05) is 128 Å². The van der Waals surface area contributed by atoms with Crippen LogP contribution in [0.5, 0.6) is 0 Å². The van der Waals surface area contributed by atoms with Crippen LogP contribution in [0, 0.1) is 23.7 Å². The van der Waals surface area contributed by atoms with Crippen LogP contribution >= 0.6 is 23.5 Å². The first-order valence-corrected chi connectivity index (χ1v) is 18.1. The number of hydrogen-bond donors (Lipinski definition) is 0. The largest absolute Gasteiger partial charge is 0.246 e. The summed E-state index contributed by atoms with van der Waals surface area (Å²) in [5.41, 5.74) is 5.09. The molecule has 0 bridgehead atoms. The van der Waals surface area contributed by atoms with Gasteiger partial charge in [-0.2, -0.15) is 0 Å². The fraction of sp³-hybridized carbons (Fsp3) is 0.526. The van der Waals surface area contributed by atoms with E-state index in [0.717, 1.165) is 36.1 Å². The molecule has 0 aliphatic carbocycles. The molecule has 2 aliphatic heterocycles. The van der Waals surface area contributed by atoms with Gasteiger partial charge in [0.25, 0.3) is 0 Å². The molecule has 2 nitrogen and oxygen atoms in total. The highest BCUT2D eigenvalue weighted by Gasteiger charge is 2.27. The molecule has 4 heteroatoms. The summed E-state index contributed by atoms with van der Waals surface area (Å²) in [7, 11) is 0. The van der Waals surface area contributed by atoms with Crippen LogP contribution in [-0.4, -0.2) is 0 Å². The number of nitrogens with zero attached hydrogens (tertiary/aromatic N) is 2. The zero-order valence-corrected chi connectivity index (χ0v) is 28.3. The molecule has 5 rings (SSSR count). The quantitative estimate of drug-likeness (QED) is 0.127. The van der Waals surface area contributed by atoms with Crippen LogP contribution < -0.4 is 10.7 Å². The van der Waals surface area contributed by atoms with Crippen molar-refractivity contribution >= 4 is 34.9 Å². The van der Waals surface area contributed by atoms with Gasteiger partial charge < -0.3 is 0 Å². The van der Waals surface area contributed by atoms with Gasteiger partial charge in [0.15, 0.2) is 0 Å². The lowest BCUT2D eigenvalue weighted by atomic mass is 9.91. The average Bonchev–Trinajstić information content (AvgIpc) is 2.96. The predicted octanol–water partition coefficient (Wildman–Crippen LogP) is 11.3. The van der Waals surface area contributed by atoms with E-state index in [1.165, 1.54) is 92.8 Å². The van der Waals surface area contributed by atoms with E-state index in [9.17, 15) is 0 Å². The van der Waals surface area contributed by atoms with Crippen LogP contribution in [0.15, 0.2) is 78.1 Å². The molecule has 0 aromatic heterocycles. The normalized spacial score (nSPS) is 14.9. The first-order chi connectivity index (χ1) is 20.3. The molecule has 2 heterocycles. The van der Waals surface area contributed by atoms with Crippen LogP contribution in [0.1, 0.15) is 104 Å². The Balaban J connectivity index is 1.55. The molecule has 2 aliphatic rings. The lowest BCUT2D eigenvalue weighted by Crippen LogP contribution is -2.29. The standard InChI is InChI=1S/C38H50N2S2/c1-25(2)13-11-15-27(5)21-23-29-35-38(42-34-20-10-7-17-31(34)39-35)30(24-22-28(6)16-12-14-26(3)4)36-37(29)41-33-19-9-8-18-32(33)40-36/h7-10,17-20,25-28H,11-16,21-24H2,1-6H3. The monoisotopic (exact) mass is 598 g/mol. The second kappa shape index (κ2) is 14.6. The fourth-order valence-corrected chi connectivity index (χ4v) is 8.59. The molecule has 2 unspecified atom stereocenters. The zero-order chi connectivity index (χ0) is 29.6. The number of benzene rings is 3. The highest BCUT2D eigenvalue weighted by Crippen LogP contribution is 2.43. The molecule has 0 saturated heterocycles. The average molecular weight is 599 g/mol. The Kier molecular flexibility index (Phi) is 10.9. The Labute approximate surface area is 263 Å². The van der Waals surface area contributed by atoms with Crippen LogP contribution in [0.2, 0.25) is 0 Å². The summed E-state index contributed by atoms with van der Waals surface area (Å²) in [6.07, 6.45) is 12.5. The van der Waals surface area contributed by atoms with Gasteiger partial charge in [-0.3, -0.25) is 0 Å². The van der Waals surface area contributed by atoms with Crippen LogP contribution in [0.3, 0.4) is 0 Å². The van der Waals surface area contributed by atoms with E-state index in [-0.39, 0.29) is 0 Å². The minimum atomic E-state index is 0.711. The fourth-order valence-electron chi connectivity index (χ4n) is 6.25. The van der Waals surface area contributed by atoms with Crippen LogP contribution in [0.4, 0.5) is 11.4 Å². The number of fused-ring (bicyclic) bond motifs is 4. The van der Waals surface area contributed by atoms with Gasteiger partial charge in [0.05, 0.1) is 22.1 Å². The number of rotatable bonds is 14. The van der Waals surface area contributed by atoms with Crippen molar-refractivity contribution in [2.45, 2.75) is 125 Å². The van der Waals surface area contributed by atoms with Gasteiger partial charge in [0, 0.05) is 19.6 Å². The first kappa shape index (κ1) is 31.4. The van der Waals surface area contributed by atoms with Crippen molar-refractivity contribution in [1.29, 1.82) is 0 Å². The molecule has 0 spiro atoms. The minimum absolute atomic E-state index is 0.711. The molecule has 224 valence electrons. The van der Waals surface area contributed by atoms with Gasteiger partial charge in [-0.15, -0.1) is 0 Å². The molecule has 0 amide bonds. The molecule has 42 heavy (non-hydrogen) atoms. The molecule has 0 fully saturated rings. The number of hydrogen-bond acceptors (Lipinski definition) is 4. The predicted molar refractivity (Wildman–Crippen MR) is 182 cm³/mol. The molecule has 0 radical (unpaired) electrons. The van der Waals surface area contributed by atoms with Gasteiger partial charge in [0.1, 0.15) is 0 Å². The van der Waals surface area contributed by atoms with Gasteiger partial charge in [-0.25, -0.2) is 9.98 Å². The lowest BCUT2D eigenvalue weighted by molar-refractivity contribution is 0.433. The maximum atomic E-state index is 5.42. The number of para-hydroxylation sites is 2. The van der Waals surface area contributed by atoms with E-state index in [0.29, 0.717) is 11.8 Å². The third-order valence-electron chi connectivity index (χ3n) is 8.90. The minimum Gasteiger partial charge on any atom is -0.246 e. The van der Waals surface area contributed by atoms with Gasteiger partial charge in [0.2, 0.25) is 0 Å². The smallest absolute Gasteiger partial charge is 0.0824 e. The van der Waals surface area contributed by atoms with Crippen molar-refractivity contribution in [3.05, 3.63) is 70.4 Å². The van der Waals surface area contributed by atoms with E-state index >= 15 is 0 Å². The van der Waals surface area contributed by atoms with E-state index in [1.54, 1.807) is 0 Å². The second-order valence-electron chi connectivity index (χ2n) is 13.6. The molecule has 3 aromatic carbocycles. The topological polar surface area (TPSA) is 24.7 Å². The zero-order valence-electron chi connectivity index (χ0n) is 26.7. The molecular weight excluding hydrogens is 549 g/mol. The maximum absolute atomic E-state index is 5.42. The second-order valence-corrected chi connectivity index (χ2v) is 15.7. The van der Waals surface area contributed by atoms with Gasteiger partial charge in [-0.05, 0) is 84.7 Å². The summed E-state index contributed by atoms with van der Waals surface area (Å²) in [6, 6.07) is 17.4. The van der Waals surface area contributed by atoms with Crippen molar-refractivity contribution in [2.24, 2.45) is 33.7 Å². The maximum Gasteiger partial charge on any atom is 0.0824 e. The van der Waals surface area contributed by atoms with Crippen molar-refractivity contribution in [3.8, 4) is 0 Å². The summed E-state index contributed by atoms with van der Waals surface area (Å²) < 4.78 is 0. The highest BCUT2D eigenvalue weighted by atomic mass is 32.2. The summed E-state index contributed by atoms with van der Waals surface area (Å²) in [4.78, 5) is 16.1. The van der Waals surface area contributed by atoms with E-state index < -0.39 is 0 Å². The molecule has 0 N–H and O–H groups in total. The van der Waals surface area contributed by atoms with Gasteiger partial charge >= 0.3 is 0 Å². The highest BCUT2D eigenvalue weighted by molar-refractivity contribution is 8.00. The van der Waals surface area contributed by atoms with E-state index in [4.69, 9.17) is 9.98 Å². The third kappa shape index (κ3) is 7.72. The summed E-state index contributed by atoms with van der Waals surface area (Å²) in [6.45, 7) is 14.3. The molecule has 2 atom stereocenters. The van der Waals surface area contributed by atoms with Crippen LogP contribution in [0.25, 0.3) is 0 Å². The van der Waals surface area contributed by atoms with E-state index in [1.807, 2.05) is 23.5 Å². The molecule has 0 saturated carbocycles. The van der Waals surface area contributed by atoms with Crippen molar-refractivity contribution in [3.63, 3.8) is 0 Å². The summed E-state index contributed by atoms with van der Waals surface area (Å²) in [5, 5.41) is 2.47. The van der Waals surface area contributed by atoms with Crippen LogP contribution in [-0.2, 0) is 12.8 Å². The molecule has 3 aromatic rings. The Bertz CT molecular complexity index is 1380. The summed E-state index contributed by atoms with van der Waals surface area (Å²) >= 11 is 3.88. The molecular formula is C38H50N2S2.